The fourth-order valence-electron chi connectivity index (χ4n) is 4.67. The van der Waals surface area contributed by atoms with Gasteiger partial charge in [0.05, 0.1) is 0 Å². The van der Waals surface area contributed by atoms with Crippen LogP contribution in [0.2, 0.25) is 0 Å². The van der Waals surface area contributed by atoms with Crippen molar-refractivity contribution in [3.8, 4) is 0 Å². The molecule has 2 aliphatic rings. The van der Waals surface area contributed by atoms with Crippen molar-refractivity contribution in [3.63, 3.8) is 0 Å². The van der Waals surface area contributed by atoms with Crippen LogP contribution in [0.5, 0.6) is 0 Å². The van der Waals surface area contributed by atoms with E-state index in [9.17, 15) is 9.59 Å². The third-order valence-corrected chi connectivity index (χ3v) is 6.07. The molecule has 2 aliphatic carbocycles. The Hall–Kier alpha value is -4.38. The fraction of sp³-hybridized carbons (Fsp3) is 0.0714. The molecule has 0 amide bonds. The molecular weight excluding hydrogens is 416 g/mol. The van der Waals surface area contributed by atoms with Gasteiger partial charge in [0.1, 0.15) is 12.2 Å². The Bertz CT molecular complexity index is 1370. The lowest BCUT2D eigenvalue weighted by atomic mass is 9.91. The van der Waals surface area contributed by atoms with Crippen LogP contribution in [0.3, 0.4) is 0 Å². The highest BCUT2D eigenvalue weighted by molar-refractivity contribution is 5.96. The summed E-state index contributed by atoms with van der Waals surface area (Å²) < 4.78 is 15.7. The van der Waals surface area contributed by atoms with Gasteiger partial charge < -0.3 is 14.2 Å². The average Bonchev–Trinajstić information content (AvgIpc) is 2.83. The molecule has 0 saturated heterocycles. The maximum absolute atomic E-state index is 12.4. The van der Waals surface area contributed by atoms with Crippen molar-refractivity contribution in [2.45, 2.75) is 12.2 Å². The average molecular weight is 434 g/mol. The second-order valence-electron chi connectivity index (χ2n) is 7.98. The Morgan fingerprint density at radius 2 is 1.00 bits per heavy atom. The molecule has 0 spiro atoms. The van der Waals surface area contributed by atoms with Gasteiger partial charge in [0.25, 0.3) is 0 Å². The van der Waals surface area contributed by atoms with Crippen molar-refractivity contribution in [1.29, 1.82) is 0 Å². The summed E-state index contributed by atoms with van der Waals surface area (Å²) in [7, 11) is 0. The zero-order valence-corrected chi connectivity index (χ0v) is 17.4. The lowest BCUT2D eigenvalue weighted by Gasteiger charge is -2.22. The molecule has 5 nitrogen and oxygen atoms in total. The van der Waals surface area contributed by atoms with Gasteiger partial charge in [-0.1, -0.05) is 84.9 Å². The third kappa shape index (κ3) is 3.34. The molecule has 5 heteroatoms. The quantitative estimate of drug-likeness (QED) is 0.248. The van der Waals surface area contributed by atoms with Crippen LogP contribution in [-0.4, -0.2) is 12.3 Å². The SMILES string of the molecule is O=C(OC(=O)OC1C=Cc2cccc3cccc1c23)OC1C=Cc2cccc3cccc1c23. The molecule has 0 fully saturated rings. The van der Waals surface area contributed by atoms with Crippen LogP contribution in [0.4, 0.5) is 9.59 Å². The van der Waals surface area contributed by atoms with E-state index in [2.05, 4.69) is 0 Å². The van der Waals surface area contributed by atoms with Gasteiger partial charge in [0.15, 0.2) is 0 Å². The molecule has 0 aliphatic heterocycles. The highest BCUT2D eigenvalue weighted by atomic mass is 16.8. The molecule has 0 bridgehead atoms. The molecular formula is C28H18O5. The van der Waals surface area contributed by atoms with E-state index in [1.807, 2.05) is 84.9 Å². The first-order valence-corrected chi connectivity index (χ1v) is 10.7. The molecule has 2 atom stereocenters. The smallest absolute Gasteiger partial charge is 0.421 e. The molecule has 0 N–H and O–H groups in total. The summed E-state index contributed by atoms with van der Waals surface area (Å²) in [6, 6.07) is 23.6. The van der Waals surface area contributed by atoms with Gasteiger partial charge in [-0.25, -0.2) is 9.59 Å². The summed E-state index contributed by atoms with van der Waals surface area (Å²) in [6.45, 7) is 0. The monoisotopic (exact) mass is 434 g/mol. The van der Waals surface area contributed by atoms with E-state index in [-0.39, 0.29) is 0 Å². The molecule has 160 valence electrons. The van der Waals surface area contributed by atoms with E-state index >= 15 is 0 Å². The van der Waals surface area contributed by atoms with E-state index in [0.717, 1.165) is 43.8 Å². The Kier molecular flexibility index (Phi) is 4.47. The molecule has 0 heterocycles. The molecule has 33 heavy (non-hydrogen) atoms. The van der Waals surface area contributed by atoms with E-state index in [4.69, 9.17) is 14.2 Å². The predicted octanol–water partition coefficient (Wildman–Crippen LogP) is 7.12. The zero-order valence-electron chi connectivity index (χ0n) is 17.4. The van der Waals surface area contributed by atoms with Crippen LogP contribution < -0.4 is 0 Å². The van der Waals surface area contributed by atoms with Crippen molar-refractivity contribution in [2.75, 3.05) is 0 Å². The first-order chi connectivity index (χ1) is 16.2. The summed E-state index contributed by atoms with van der Waals surface area (Å²) in [5.74, 6) is 0. The van der Waals surface area contributed by atoms with Crippen molar-refractivity contribution in [2.24, 2.45) is 0 Å². The number of hydrogen-bond donors (Lipinski definition) is 0. The van der Waals surface area contributed by atoms with E-state index in [1.165, 1.54) is 0 Å². The lowest BCUT2D eigenvalue weighted by molar-refractivity contribution is 0.0162. The van der Waals surface area contributed by atoms with Crippen LogP contribution in [0.25, 0.3) is 33.7 Å². The number of ether oxygens (including phenoxy) is 3. The molecule has 2 unspecified atom stereocenters. The Morgan fingerprint density at radius 3 is 1.45 bits per heavy atom. The molecule has 0 radical (unpaired) electrons. The zero-order chi connectivity index (χ0) is 22.4. The van der Waals surface area contributed by atoms with Crippen LogP contribution in [0, 0.1) is 0 Å². The molecule has 4 aromatic rings. The van der Waals surface area contributed by atoms with Gasteiger partial charge >= 0.3 is 12.3 Å². The van der Waals surface area contributed by atoms with Gasteiger partial charge in [-0.2, -0.15) is 0 Å². The first-order valence-electron chi connectivity index (χ1n) is 10.7. The minimum absolute atomic E-state index is 0.654. The second-order valence-corrected chi connectivity index (χ2v) is 7.98. The highest BCUT2D eigenvalue weighted by Crippen LogP contribution is 2.37. The van der Waals surface area contributed by atoms with Crippen LogP contribution in [0.15, 0.2) is 84.9 Å². The van der Waals surface area contributed by atoms with Crippen molar-refractivity contribution in [3.05, 3.63) is 107 Å². The van der Waals surface area contributed by atoms with Crippen LogP contribution in [-0.2, 0) is 14.2 Å². The fourth-order valence-corrected chi connectivity index (χ4v) is 4.67. The molecule has 4 aromatic carbocycles. The normalized spacial score (nSPS) is 17.7. The van der Waals surface area contributed by atoms with Gasteiger partial charge in [-0.15, -0.1) is 0 Å². The van der Waals surface area contributed by atoms with Gasteiger partial charge in [-0.05, 0) is 44.8 Å². The second kappa shape index (κ2) is 7.64. The predicted molar refractivity (Wildman–Crippen MR) is 125 cm³/mol. The summed E-state index contributed by atoms with van der Waals surface area (Å²) in [5.41, 5.74) is 3.78. The highest BCUT2D eigenvalue weighted by Gasteiger charge is 2.26. The van der Waals surface area contributed by atoms with Crippen molar-refractivity contribution >= 4 is 46.0 Å². The maximum atomic E-state index is 12.4. The van der Waals surface area contributed by atoms with E-state index < -0.39 is 24.5 Å². The summed E-state index contributed by atoms with van der Waals surface area (Å²) >= 11 is 0. The molecule has 6 rings (SSSR count). The third-order valence-electron chi connectivity index (χ3n) is 6.07. The molecule has 0 saturated carbocycles. The number of carbonyl (C=O) groups excluding carboxylic acids is 2. The number of benzene rings is 4. The van der Waals surface area contributed by atoms with Gasteiger partial charge in [0, 0.05) is 11.1 Å². The van der Waals surface area contributed by atoms with Gasteiger partial charge in [-0.3, -0.25) is 0 Å². The Balaban J connectivity index is 1.17. The minimum atomic E-state index is -1.11. The van der Waals surface area contributed by atoms with E-state index in [0.29, 0.717) is 0 Å². The summed E-state index contributed by atoms with van der Waals surface area (Å²) in [5, 5.41) is 4.13. The number of rotatable bonds is 2. The van der Waals surface area contributed by atoms with Gasteiger partial charge in [0.2, 0.25) is 0 Å². The number of hydrogen-bond acceptors (Lipinski definition) is 5. The minimum Gasteiger partial charge on any atom is -0.421 e. The topological polar surface area (TPSA) is 61.8 Å². The summed E-state index contributed by atoms with van der Waals surface area (Å²) in [4.78, 5) is 24.8. The van der Waals surface area contributed by atoms with E-state index in [1.54, 1.807) is 12.2 Å². The molecule has 0 aromatic heterocycles. The van der Waals surface area contributed by atoms with Crippen molar-refractivity contribution < 1.29 is 23.8 Å². The Labute approximate surface area is 189 Å². The summed E-state index contributed by atoms with van der Waals surface area (Å²) in [6.07, 6.45) is 3.82. The lowest BCUT2D eigenvalue weighted by Crippen LogP contribution is -2.19. The number of carbonyl (C=O) groups is 2. The largest absolute Gasteiger partial charge is 0.519 e. The van der Waals surface area contributed by atoms with Crippen molar-refractivity contribution in [1.82, 2.24) is 0 Å². The van der Waals surface area contributed by atoms with Crippen LogP contribution in [0.1, 0.15) is 34.5 Å². The van der Waals surface area contributed by atoms with Crippen LogP contribution >= 0.6 is 0 Å². The maximum Gasteiger partial charge on any atom is 0.519 e. The first kappa shape index (κ1) is 19.3. The Morgan fingerprint density at radius 1 is 0.576 bits per heavy atom. The standard InChI is InChI=1S/C28H18O5/c29-27(31-23-15-13-19-7-1-5-17-9-3-11-21(23)25(17)19)33-28(30)32-24-16-14-20-8-2-6-18-10-4-12-22(24)26(18)20/h1-16,23-24H.